The van der Waals surface area contributed by atoms with Crippen molar-refractivity contribution in [2.24, 2.45) is 17.6 Å². The molecule has 2 N–H and O–H groups in total. The van der Waals surface area contributed by atoms with Crippen LogP contribution in [0.15, 0.2) is 24.3 Å². The minimum atomic E-state index is -0.178. The van der Waals surface area contributed by atoms with Crippen LogP contribution in [0.3, 0.4) is 0 Å². The molecule has 3 unspecified atom stereocenters. The van der Waals surface area contributed by atoms with Crippen LogP contribution < -0.4 is 10.6 Å². The average Bonchev–Trinajstić information content (AvgIpc) is 2.41. The molecular formula is C16H25FN2. The zero-order valence-corrected chi connectivity index (χ0v) is 12.0. The molecule has 0 saturated heterocycles. The highest BCUT2D eigenvalue weighted by Crippen LogP contribution is 2.29. The molecule has 2 rings (SSSR count). The predicted octanol–water partition coefficient (Wildman–Crippen LogP) is 3.42. The Hall–Kier alpha value is -1.09. The second-order valence-corrected chi connectivity index (χ2v) is 5.86. The van der Waals surface area contributed by atoms with E-state index in [0.717, 1.165) is 31.1 Å². The summed E-state index contributed by atoms with van der Waals surface area (Å²) in [5, 5.41) is 0. The molecule has 1 saturated carbocycles. The lowest BCUT2D eigenvalue weighted by molar-refractivity contribution is 0.248. The lowest BCUT2D eigenvalue weighted by Gasteiger charge is -2.36. The molecule has 0 spiro atoms. The van der Waals surface area contributed by atoms with E-state index >= 15 is 0 Å². The Kier molecular flexibility index (Phi) is 4.81. The summed E-state index contributed by atoms with van der Waals surface area (Å²) in [6.45, 7) is 6.37. The molecule has 1 aliphatic carbocycles. The molecule has 0 heterocycles. The summed E-state index contributed by atoms with van der Waals surface area (Å²) in [7, 11) is 0. The van der Waals surface area contributed by atoms with Crippen molar-refractivity contribution in [1.29, 1.82) is 0 Å². The molecule has 0 bridgehead atoms. The van der Waals surface area contributed by atoms with Crippen molar-refractivity contribution in [2.75, 3.05) is 18.0 Å². The topological polar surface area (TPSA) is 29.3 Å². The van der Waals surface area contributed by atoms with Crippen molar-refractivity contribution in [1.82, 2.24) is 0 Å². The molecule has 3 atom stereocenters. The minimum Gasteiger partial charge on any atom is -0.371 e. The van der Waals surface area contributed by atoms with Crippen LogP contribution in [0.1, 0.15) is 33.1 Å². The van der Waals surface area contributed by atoms with Gasteiger partial charge < -0.3 is 10.6 Å². The summed E-state index contributed by atoms with van der Waals surface area (Å²) in [5.74, 6) is 1.15. The summed E-state index contributed by atoms with van der Waals surface area (Å²) in [5.41, 5.74) is 7.35. The molecule has 0 amide bonds. The van der Waals surface area contributed by atoms with Crippen molar-refractivity contribution in [3.05, 3.63) is 30.1 Å². The maximum Gasteiger partial charge on any atom is 0.123 e. The van der Waals surface area contributed by atoms with Crippen LogP contribution >= 0.6 is 0 Å². The molecule has 0 radical (unpaired) electrons. The Morgan fingerprint density at radius 3 is 2.58 bits per heavy atom. The first-order chi connectivity index (χ1) is 9.10. The summed E-state index contributed by atoms with van der Waals surface area (Å²) in [6.07, 6.45) is 3.59. The van der Waals surface area contributed by atoms with Gasteiger partial charge in [-0.2, -0.15) is 0 Å². The van der Waals surface area contributed by atoms with E-state index in [2.05, 4.69) is 18.7 Å². The summed E-state index contributed by atoms with van der Waals surface area (Å²) in [6, 6.07) is 7.08. The van der Waals surface area contributed by atoms with Gasteiger partial charge in [-0.1, -0.05) is 6.92 Å². The van der Waals surface area contributed by atoms with Crippen LogP contribution in [0.2, 0.25) is 0 Å². The molecule has 19 heavy (non-hydrogen) atoms. The molecule has 1 aromatic carbocycles. The van der Waals surface area contributed by atoms with Gasteiger partial charge in [-0.15, -0.1) is 0 Å². The largest absolute Gasteiger partial charge is 0.371 e. The Morgan fingerprint density at radius 1 is 1.26 bits per heavy atom. The van der Waals surface area contributed by atoms with E-state index in [1.807, 2.05) is 12.1 Å². The molecule has 106 valence electrons. The normalized spacial score (nSPS) is 27.3. The fourth-order valence-electron chi connectivity index (χ4n) is 3.08. The van der Waals surface area contributed by atoms with Crippen LogP contribution in [0, 0.1) is 17.7 Å². The Labute approximate surface area is 115 Å². The van der Waals surface area contributed by atoms with Crippen LogP contribution in [-0.2, 0) is 0 Å². The number of nitrogens with two attached hydrogens (primary N) is 1. The smallest absolute Gasteiger partial charge is 0.123 e. The van der Waals surface area contributed by atoms with Crippen molar-refractivity contribution >= 4 is 5.69 Å². The molecule has 1 fully saturated rings. The lowest BCUT2D eigenvalue weighted by atomic mass is 9.79. The second-order valence-electron chi connectivity index (χ2n) is 5.86. The first-order valence-electron chi connectivity index (χ1n) is 7.36. The molecule has 2 nitrogen and oxygen atoms in total. The van der Waals surface area contributed by atoms with Crippen LogP contribution in [-0.4, -0.2) is 19.1 Å². The SMILES string of the molecule is CCN(CC1CC(C)CCC1N)c1ccc(F)cc1. The first kappa shape index (κ1) is 14.3. The Morgan fingerprint density at radius 2 is 1.95 bits per heavy atom. The zero-order valence-electron chi connectivity index (χ0n) is 12.0. The number of hydrogen-bond acceptors (Lipinski definition) is 2. The summed E-state index contributed by atoms with van der Waals surface area (Å²) >= 11 is 0. The Balaban J connectivity index is 2.03. The quantitative estimate of drug-likeness (QED) is 0.903. The third kappa shape index (κ3) is 3.69. The standard InChI is InChI=1S/C16H25FN2/c1-3-19(15-7-5-14(17)6-8-15)11-13-10-12(2)4-9-16(13)18/h5-8,12-13,16H,3-4,9-11,18H2,1-2H3. The monoisotopic (exact) mass is 264 g/mol. The highest BCUT2D eigenvalue weighted by atomic mass is 19.1. The first-order valence-corrected chi connectivity index (χ1v) is 7.36. The van der Waals surface area contributed by atoms with Gasteiger partial charge in [-0.05, 0) is 62.3 Å². The maximum absolute atomic E-state index is 13.0. The fraction of sp³-hybridized carbons (Fsp3) is 0.625. The fourth-order valence-corrected chi connectivity index (χ4v) is 3.08. The molecule has 1 aliphatic rings. The van der Waals surface area contributed by atoms with Gasteiger partial charge >= 0.3 is 0 Å². The van der Waals surface area contributed by atoms with E-state index in [1.165, 1.54) is 25.0 Å². The van der Waals surface area contributed by atoms with Gasteiger partial charge in [0.2, 0.25) is 0 Å². The van der Waals surface area contributed by atoms with Crippen LogP contribution in [0.4, 0.5) is 10.1 Å². The van der Waals surface area contributed by atoms with E-state index in [0.29, 0.717) is 12.0 Å². The van der Waals surface area contributed by atoms with Gasteiger partial charge in [-0.3, -0.25) is 0 Å². The van der Waals surface area contributed by atoms with E-state index in [4.69, 9.17) is 5.73 Å². The van der Waals surface area contributed by atoms with Gasteiger partial charge in [0.15, 0.2) is 0 Å². The molecule has 0 aromatic heterocycles. The maximum atomic E-state index is 13.0. The van der Waals surface area contributed by atoms with Gasteiger partial charge in [-0.25, -0.2) is 4.39 Å². The highest BCUT2D eigenvalue weighted by molar-refractivity contribution is 5.46. The molecule has 1 aromatic rings. The van der Waals surface area contributed by atoms with Crippen molar-refractivity contribution in [3.63, 3.8) is 0 Å². The number of rotatable bonds is 4. The zero-order chi connectivity index (χ0) is 13.8. The number of anilines is 1. The number of halogens is 1. The number of nitrogens with zero attached hydrogens (tertiary/aromatic N) is 1. The predicted molar refractivity (Wildman–Crippen MR) is 78.8 cm³/mol. The van der Waals surface area contributed by atoms with Crippen molar-refractivity contribution in [3.8, 4) is 0 Å². The van der Waals surface area contributed by atoms with Gasteiger partial charge in [0.1, 0.15) is 5.82 Å². The average molecular weight is 264 g/mol. The number of benzene rings is 1. The Bertz CT molecular complexity index is 390. The van der Waals surface area contributed by atoms with Crippen LogP contribution in [0.5, 0.6) is 0 Å². The third-order valence-electron chi connectivity index (χ3n) is 4.33. The third-order valence-corrected chi connectivity index (χ3v) is 4.33. The summed E-state index contributed by atoms with van der Waals surface area (Å²) < 4.78 is 13.0. The molecular weight excluding hydrogens is 239 g/mol. The van der Waals surface area contributed by atoms with E-state index in [-0.39, 0.29) is 5.82 Å². The van der Waals surface area contributed by atoms with E-state index in [9.17, 15) is 4.39 Å². The molecule has 0 aliphatic heterocycles. The van der Waals surface area contributed by atoms with Crippen LogP contribution in [0.25, 0.3) is 0 Å². The van der Waals surface area contributed by atoms with Gasteiger partial charge in [0.05, 0.1) is 0 Å². The summed E-state index contributed by atoms with van der Waals surface area (Å²) in [4.78, 5) is 2.31. The lowest BCUT2D eigenvalue weighted by Crippen LogP contribution is -2.43. The van der Waals surface area contributed by atoms with Gasteiger partial charge in [0, 0.05) is 24.8 Å². The highest BCUT2D eigenvalue weighted by Gasteiger charge is 2.27. The second kappa shape index (κ2) is 6.38. The molecule has 3 heteroatoms. The van der Waals surface area contributed by atoms with Gasteiger partial charge in [0.25, 0.3) is 0 Å². The van der Waals surface area contributed by atoms with E-state index < -0.39 is 0 Å². The number of hydrogen-bond donors (Lipinski definition) is 1. The van der Waals surface area contributed by atoms with Crippen molar-refractivity contribution in [2.45, 2.75) is 39.2 Å². The van der Waals surface area contributed by atoms with E-state index in [1.54, 1.807) is 0 Å². The van der Waals surface area contributed by atoms with Crippen molar-refractivity contribution < 1.29 is 4.39 Å². The minimum absolute atomic E-state index is 0.178.